The minimum absolute atomic E-state index is 0.0165. The molecule has 0 unspecified atom stereocenters. The molecule has 3 rings (SSSR count). The van der Waals surface area contributed by atoms with E-state index in [-0.39, 0.29) is 11.6 Å². The summed E-state index contributed by atoms with van der Waals surface area (Å²) < 4.78 is 16.2. The van der Waals surface area contributed by atoms with E-state index in [2.05, 4.69) is 5.32 Å². The van der Waals surface area contributed by atoms with E-state index in [4.69, 9.17) is 14.2 Å². The lowest BCUT2D eigenvalue weighted by Crippen LogP contribution is -2.19. The Bertz CT molecular complexity index is 774. The molecule has 1 aliphatic heterocycles. The van der Waals surface area contributed by atoms with Crippen molar-refractivity contribution in [2.24, 2.45) is 0 Å². The van der Waals surface area contributed by atoms with Crippen molar-refractivity contribution in [3.63, 3.8) is 0 Å². The van der Waals surface area contributed by atoms with E-state index in [0.29, 0.717) is 25.5 Å². The minimum atomic E-state index is -1.00. The van der Waals surface area contributed by atoms with Crippen LogP contribution in [-0.4, -0.2) is 31.4 Å². The van der Waals surface area contributed by atoms with Crippen molar-refractivity contribution in [3.05, 3.63) is 53.1 Å². The number of rotatable bonds is 6. The molecule has 6 nitrogen and oxygen atoms in total. The smallest absolute Gasteiger partial charge is 0.339 e. The molecule has 1 aliphatic rings. The highest BCUT2D eigenvalue weighted by Crippen LogP contribution is 2.31. The quantitative estimate of drug-likeness (QED) is 0.840. The van der Waals surface area contributed by atoms with Crippen molar-refractivity contribution in [2.75, 3.05) is 20.3 Å². The van der Waals surface area contributed by atoms with Crippen LogP contribution >= 0.6 is 0 Å². The van der Waals surface area contributed by atoms with E-state index < -0.39 is 5.97 Å². The Balaban J connectivity index is 1.69. The lowest BCUT2D eigenvalue weighted by molar-refractivity contribution is 0.0693. The molecule has 0 aliphatic carbocycles. The number of fused-ring (bicyclic) bond motifs is 1. The third-order valence-corrected chi connectivity index (χ3v) is 4.17. The topological polar surface area (TPSA) is 77.0 Å². The molecule has 2 aromatic carbocycles. The summed E-state index contributed by atoms with van der Waals surface area (Å²) in [5.41, 5.74) is 2.12. The molecule has 25 heavy (non-hydrogen) atoms. The van der Waals surface area contributed by atoms with Crippen LogP contribution in [0.3, 0.4) is 0 Å². The number of carboxylic acids is 1. The highest BCUT2D eigenvalue weighted by Gasteiger charge is 2.15. The second-order valence-electron chi connectivity index (χ2n) is 5.85. The van der Waals surface area contributed by atoms with Gasteiger partial charge in [0, 0.05) is 12.6 Å². The van der Waals surface area contributed by atoms with E-state index in [1.807, 2.05) is 31.2 Å². The van der Waals surface area contributed by atoms with Crippen LogP contribution in [0, 0.1) is 0 Å². The van der Waals surface area contributed by atoms with Gasteiger partial charge in [-0.05, 0) is 42.3 Å². The largest absolute Gasteiger partial charge is 0.496 e. The maximum Gasteiger partial charge on any atom is 0.339 e. The van der Waals surface area contributed by atoms with Crippen molar-refractivity contribution in [1.82, 2.24) is 5.32 Å². The number of benzene rings is 2. The SMILES string of the molecule is COc1ccc([C@H](C)NCc2ccc3c(c2)OCCO3)cc1C(=O)O. The Kier molecular flexibility index (Phi) is 5.09. The lowest BCUT2D eigenvalue weighted by atomic mass is 10.0. The lowest BCUT2D eigenvalue weighted by Gasteiger charge is -2.20. The summed E-state index contributed by atoms with van der Waals surface area (Å²) in [5.74, 6) is 0.883. The Morgan fingerprint density at radius 2 is 1.96 bits per heavy atom. The average molecular weight is 343 g/mol. The molecular weight excluding hydrogens is 322 g/mol. The summed E-state index contributed by atoms with van der Waals surface area (Å²) in [6.45, 7) is 3.76. The first-order chi connectivity index (χ1) is 12.1. The van der Waals surface area contributed by atoms with Gasteiger partial charge in [0.05, 0.1) is 7.11 Å². The van der Waals surface area contributed by atoms with Crippen molar-refractivity contribution < 1.29 is 24.1 Å². The Morgan fingerprint density at radius 1 is 1.20 bits per heavy atom. The number of carbonyl (C=O) groups is 1. The van der Waals surface area contributed by atoms with Crippen molar-refractivity contribution in [2.45, 2.75) is 19.5 Å². The second kappa shape index (κ2) is 7.44. The van der Waals surface area contributed by atoms with Crippen LogP contribution in [0.2, 0.25) is 0 Å². The van der Waals surface area contributed by atoms with Crippen molar-refractivity contribution >= 4 is 5.97 Å². The summed E-state index contributed by atoms with van der Waals surface area (Å²) in [6.07, 6.45) is 0. The zero-order chi connectivity index (χ0) is 17.8. The molecule has 2 N–H and O–H groups in total. The highest BCUT2D eigenvalue weighted by atomic mass is 16.6. The van der Waals surface area contributed by atoms with Crippen LogP contribution in [0.25, 0.3) is 0 Å². The van der Waals surface area contributed by atoms with Gasteiger partial charge in [0.25, 0.3) is 0 Å². The number of hydrogen-bond acceptors (Lipinski definition) is 5. The molecule has 0 saturated carbocycles. The van der Waals surface area contributed by atoms with Gasteiger partial charge >= 0.3 is 5.97 Å². The van der Waals surface area contributed by atoms with Crippen LogP contribution in [-0.2, 0) is 6.54 Å². The molecule has 2 aromatic rings. The first-order valence-electron chi connectivity index (χ1n) is 8.11. The average Bonchev–Trinajstić information content (AvgIpc) is 2.65. The van der Waals surface area contributed by atoms with Crippen LogP contribution in [0.15, 0.2) is 36.4 Å². The first kappa shape index (κ1) is 17.1. The number of carboxylic acid groups (broad SMARTS) is 1. The molecule has 0 radical (unpaired) electrons. The van der Waals surface area contributed by atoms with Crippen molar-refractivity contribution in [3.8, 4) is 17.2 Å². The molecule has 1 atom stereocenters. The molecule has 0 aromatic heterocycles. The Hall–Kier alpha value is -2.73. The van der Waals surface area contributed by atoms with E-state index in [0.717, 1.165) is 22.6 Å². The number of ether oxygens (including phenoxy) is 3. The standard InChI is InChI=1S/C19H21NO5/c1-12(14-4-6-16(23-2)15(10-14)19(21)22)20-11-13-3-5-17-18(9-13)25-8-7-24-17/h3-6,9-10,12,20H,7-8,11H2,1-2H3,(H,21,22)/t12-/m0/s1. The number of hydrogen-bond donors (Lipinski definition) is 2. The fourth-order valence-electron chi connectivity index (χ4n) is 2.75. The molecule has 132 valence electrons. The van der Waals surface area contributed by atoms with Gasteiger partial charge in [-0.2, -0.15) is 0 Å². The molecule has 0 spiro atoms. The molecule has 0 fully saturated rings. The zero-order valence-corrected chi connectivity index (χ0v) is 14.2. The second-order valence-corrected chi connectivity index (χ2v) is 5.85. The van der Waals surface area contributed by atoms with E-state index in [9.17, 15) is 9.90 Å². The first-order valence-corrected chi connectivity index (χ1v) is 8.11. The molecule has 0 bridgehead atoms. The third kappa shape index (κ3) is 3.85. The number of nitrogens with one attached hydrogen (secondary N) is 1. The Labute approximate surface area is 146 Å². The van der Waals surface area contributed by atoms with Crippen LogP contribution in [0.4, 0.5) is 0 Å². The molecule has 6 heteroatoms. The molecule has 0 saturated heterocycles. The molecule has 1 heterocycles. The van der Waals surface area contributed by atoms with Gasteiger partial charge < -0.3 is 24.6 Å². The van der Waals surface area contributed by atoms with E-state index in [1.165, 1.54) is 7.11 Å². The van der Waals surface area contributed by atoms with Gasteiger partial charge in [0.1, 0.15) is 24.5 Å². The van der Waals surface area contributed by atoms with Crippen LogP contribution in [0.5, 0.6) is 17.2 Å². The summed E-state index contributed by atoms with van der Waals surface area (Å²) >= 11 is 0. The zero-order valence-electron chi connectivity index (χ0n) is 14.2. The van der Waals surface area contributed by atoms with E-state index >= 15 is 0 Å². The third-order valence-electron chi connectivity index (χ3n) is 4.17. The monoisotopic (exact) mass is 343 g/mol. The molecule has 0 amide bonds. The number of aromatic carboxylic acids is 1. The van der Waals surface area contributed by atoms with Crippen LogP contribution in [0.1, 0.15) is 34.5 Å². The van der Waals surface area contributed by atoms with E-state index in [1.54, 1.807) is 12.1 Å². The maximum atomic E-state index is 11.3. The van der Waals surface area contributed by atoms with Gasteiger partial charge in [-0.25, -0.2) is 4.79 Å². The summed E-state index contributed by atoms with van der Waals surface area (Å²) in [5, 5.41) is 12.7. The fraction of sp³-hybridized carbons (Fsp3) is 0.316. The summed E-state index contributed by atoms with van der Waals surface area (Å²) in [6, 6.07) is 11.0. The highest BCUT2D eigenvalue weighted by molar-refractivity contribution is 5.91. The normalized spacial score (nSPS) is 14.0. The van der Waals surface area contributed by atoms with Gasteiger partial charge in [0.15, 0.2) is 11.5 Å². The van der Waals surface area contributed by atoms with Crippen LogP contribution < -0.4 is 19.5 Å². The predicted molar refractivity (Wildman–Crippen MR) is 92.6 cm³/mol. The minimum Gasteiger partial charge on any atom is -0.496 e. The van der Waals surface area contributed by atoms with Gasteiger partial charge in [-0.1, -0.05) is 12.1 Å². The van der Waals surface area contributed by atoms with Crippen molar-refractivity contribution in [1.29, 1.82) is 0 Å². The fourth-order valence-corrected chi connectivity index (χ4v) is 2.75. The summed E-state index contributed by atoms with van der Waals surface area (Å²) in [4.78, 5) is 11.3. The molecular formula is C19H21NO5. The Morgan fingerprint density at radius 3 is 2.68 bits per heavy atom. The predicted octanol–water partition coefficient (Wildman–Crippen LogP) is 3.02. The number of methoxy groups -OCH3 is 1. The summed E-state index contributed by atoms with van der Waals surface area (Å²) in [7, 11) is 1.46. The van der Waals surface area contributed by atoms with Gasteiger partial charge in [0.2, 0.25) is 0 Å². The van der Waals surface area contributed by atoms with Gasteiger partial charge in [-0.3, -0.25) is 0 Å². The van der Waals surface area contributed by atoms with Gasteiger partial charge in [-0.15, -0.1) is 0 Å². The maximum absolute atomic E-state index is 11.3.